The van der Waals surface area contributed by atoms with Crippen molar-refractivity contribution in [1.82, 2.24) is 10.3 Å². The zero-order valence-electron chi connectivity index (χ0n) is 10.1. The van der Waals surface area contributed by atoms with Gasteiger partial charge in [0.2, 0.25) is 5.89 Å². The predicted molar refractivity (Wildman–Crippen MR) is 63.4 cm³/mol. The fourth-order valence-corrected chi connectivity index (χ4v) is 3.20. The van der Waals surface area contributed by atoms with Gasteiger partial charge in [0.05, 0.1) is 11.1 Å². The first-order valence-corrected chi connectivity index (χ1v) is 6.22. The molecule has 4 rings (SSSR count). The van der Waals surface area contributed by atoms with Crippen LogP contribution in [0.3, 0.4) is 0 Å². The van der Waals surface area contributed by atoms with E-state index in [0.717, 1.165) is 19.5 Å². The van der Waals surface area contributed by atoms with Crippen LogP contribution in [0.2, 0.25) is 0 Å². The van der Waals surface area contributed by atoms with Gasteiger partial charge in [0, 0.05) is 6.54 Å². The number of rotatable bonds is 2. The quantitative estimate of drug-likeness (QED) is 0.911. The topological polar surface area (TPSA) is 38.1 Å². The Bertz CT molecular complexity index is 511. The SMILES string of the molecule is Cl.FC(F)(F)C1(c2coc(C34CNCC3C4)n2)CC1. The van der Waals surface area contributed by atoms with Crippen LogP contribution >= 0.6 is 12.4 Å². The number of halogens is 4. The molecule has 2 atom stereocenters. The van der Waals surface area contributed by atoms with Crippen molar-refractivity contribution in [2.45, 2.75) is 36.3 Å². The van der Waals surface area contributed by atoms with E-state index in [1.54, 1.807) is 0 Å². The summed E-state index contributed by atoms with van der Waals surface area (Å²) in [5, 5.41) is 3.23. The van der Waals surface area contributed by atoms with E-state index < -0.39 is 11.6 Å². The number of aromatic nitrogens is 1. The average Bonchev–Trinajstić information content (AvgIpc) is 3.16. The number of oxazole rings is 1. The van der Waals surface area contributed by atoms with E-state index in [9.17, 15) is 13.2 Å². The summed E-state index contributed by atoms with van der Waals surface area (Å²) in [5.74, 6) is 0.994. The van der Waals surface area contributed by atoms with E-state index in [4.69, 9.17) is 4.42 Å². The van der Waals surface area contributed by atoms with Gasteiger partial charge in [0.15, 0.2) is 0 Å². The second kappa shape index (κ2) is 3.67. The minimum Gasteiger partial charge on any atom is -0.448 e. The maximum Gasteiger partial charge on any atom is 0.400 e. The van der Waals surface area contributed by atoms with Crippen molar-refractivity contribution < 1.29 is 17.6 Å². The molecule has 3 fully saturated rings. The van der Waals surface area contributed by atoms with Gasteiger partial charge in [0.1, 0.15) is 11.7 Å². The van der Waals surface area contributed by atoms with Gasteiger partial charge < -0.3 is 9.73 Å². The highest BCUT2D eigenvalue weighted by Gasteiger charge is 2.67. The molecule has 2 aliphatic carbocycles. The number of hydrogen-bond donors (Lipinski definition) is 1. The van der Waals surface area contributed by atoms with E-state index in [2.05, 4.69) is 10.3 Å². The molecule has 1 aromatic heterocycles. The Morgan fingerprint density at radius 1 is 1.37 bits per heavy atom. The first-order chi connectivity index (χ1) is 8.48. The molecule has 1 N–H and O–H groups in total. The first kappa shape index (κ1) is 13.2. The van der Waals surface area contributed by atoms with Crippen LogP contribution in [0.25, 0.3) is 0 Å². The Balaban J connectivity index is 0.00000110. The fraction of sp³-hybridized carbons (Fsp3) is 0.750. The van der Waals surface area contributed by atoms with Gasteiger partial charge in [-0.25, -0.2) is 4.98 Å². The largest absolute Gasteiger partial charge is 0.448 e. The van der Waals surface area contributed by atoms with Gasteiger partial charge in [0.25, 0.3) is 0 Å². The Labute approximate surface area is 114 Å². The molecule has 0 amide bonds. The highest BCUT2D eigenvalue weighted by molar-refractivity contribution is 5.85. The predicted octanol–water partition coefficient (Wildman–Crippen LogP) is 2.55. The van der Waals surface area contributed by atoms with Crippen LogP contribution in [0.5, 0.6) is 0 Å². The summed E-state index contributed by atoms with van der Waals surface area (Å²) < 4.78 is 44.3. The second-order valence-corrected chi connectivity index (χ2v) is 5.81. The molecule has 0 spiro atoms. The third-order valence-electron chi connectivity index (χ3n) is 4.78. The molecule has 7 heteroatoms. The molecule has 0 aromatic carbocycles. The summed E-state index contributed by atoms with van der Waals surface area (Å²) >= 11 is 0. The molecular weight excluding hydrogens is 281 g/mol. The minimum atomic E-state index is -4.21. The highest BCUT2D eigenvalue weighted by atomic mass is 35.5. The second-order valence-electron chi connectivity index (χ2n) is 5.81. The minimum absolute atomic E-state index is 0. The van der Waals surface area contributed by atoms with E-state index in [1.807, 2.05) is 0 Å². The number of fused-ring (bicyclic) bond motifs is 1. The van der Waals surface area contributed by atoms with Crippen LogP contribution in [-0.2, 0) is 10.8 Å². The maximum atomic E-state index is 13.0. The van der Waals surface area contributed by atoms with Crippen LogP contribution in [0, 0.1) is 5.92 Å². The normalized spacial score (nSPS) is 34.6. The smallest absolute Gasteiger partial charge is 0.400 e. The average molecular weight is 295 g/mol. The van der Waals surface area contributed by atoms with E-state index >= 15 is 0 Å². The molecule has 2 saturated carbocycles. The molecule has 3 aliphatic rings. The molecule has 1 aliphatic heterocycles. The molecular formula is C12H14ClF3N2O. The van der Waals surface area contributed by atoms with Gasteiger partial charge in [-0.15, -0.1) is 12.4 Å². The number of piperidine rings is 1. The van der Waals surface area contributed by atoms with Crippen LogP contribution in [0.4, 0.5) is 13.2 Å². The third kappa shape index (κ3) is 1.59. The highest BCUT2D eigenvalue weighted by Crippen LogP contribution is 2.60. The van der Waals surface area contributed by atoms with Gasteiger partial charge in [-0.3, -0.25) is 0 Å². The molecule has 0 bridgehead atoms. The number of nitrogens with one attached hydrogen (secondary N) is 1. The van der Waals surface area contributed by atoms with Crippen molar-refractivity contribution >= 4 is 12.4 Å². The first-order valence-electron chi connectivity index (χ1n) is 6.22. The molecule has 3 nitrogen and oxygen atoms in total. The summed E-state index contributed by atoms with van der Waals surface area (Å²) in [6, 6.07) is 0. The van der Waals surface area contributed by atoms with Crippen LogP contribution in [-0.4, -0.2) is 24.2 Å². The zero-order chi connectivity index (χ0) is 12.6. The van der Waals surface area contributed by atoms with Crippen molar-refractivity contribution in [2.24, 2.45) is 5.92 Å². The Morgan fingerprint density at radius 3 is 2.58 bits per heavy atom. The lowest BCUT2D eigenvalue weighted by atomic mass is 10.0. The standard InChI is InChI=1S/C12H13F3N2O.ClH/c13-12(14,15)11(1-2-11)8-5-18-9(17-8)10-3-7(10)4-16-6-10;/h5,7,16H,1-4,6H2;1H. The van der Waals surface area contributed by atoms with Gasteiger partial charge >= 0.3 is 6.18 Å². The fourth-order valence-electron chi connectivity index (χ4n) is 3.20. The summed E-state index contributed by atoms with van der Waals surface area (Å²) in [4.78, 5) is 4.18. The Hall–Kier alpha value is -0.750. The van der Waals surface area contributed by atoms with E-state index in [0.29, 0.717) is 11.8 Å². The molecule has 2 unspecified atom stereocenters. The van der Waals surface area contributed by atoms with E-state index in [-0.39, 0.29) is 36.4 Å². The molecule has 106 valence electrons. The van der Waals surface area contributed by atoms with E-state index in [1.165, 1.54) is 6.26 Å². The lowest BCUT2D eigenvalue weighted by Gasteiger charge is -2.15. The Morgan fingerprint density at radius 2 is 2.11 bits per heavy atom. The Kier molecular flexibility index (Phi) is 2.56. The summed E-state index contributed by atoms with van der Waals surface area (Å²) in [7, 11) is 0. The van der Waals surface area contributed by atoms with Crippen LogP contribution in [0.15, 0.2) is 10.7 Å². The van der Waals surface area contributed by atoms with Gasteiger partial charge in [-0.05, 0) is 31.7 Å². The summed E-state index contributed by atoms with van der Waals surface area (Å²) in [6.07, 6.45) is -1.73. The lowest BCUT2D eigenvalue weighted by molar-refractivity contribution is -0.161. The summed E-state index contributed by atoms with van der Waals surface area (Å²) in [6.45, 7) is 1.69. The lowest BCUT2D eigenvalue weighted by Crippen LogP contribution is -2.29. The zero-order valence-corrected chi connectivity index (χ0v) is 10.9. The van der Waals surface area contributed by atoms with Crippen molar-refractivity contribution in [2.75, 3.05) is 13.1 Å². The number of hydrogen-bond acceptors (Lipinski definition) is 3. The third-order valence-corrected chi connectivity index (χ3v) is 4.78. The van der Waals surface area contributed by atoms with Crippen LogP contribution in [0.1, 0.15) is 30.8 Å². The monoisotopic (exact) mass is 294 g/mol. The molecule has 19 heavy (non-hydrogen) atoms. The maximum absolute atomic E-state index is 13.0. The van der Waals surface area contributed by atoms with Gasteiger partial charge in [-0.2, -0.15) is 13.2 Å². The summed E-state index contributed by atoms with van der Waals surface area (Å²) in [5.41, 5.74) is -1.75. The van der Waals surface area contributed by atoms with Crippen molar-refractivity contribution in [1.29, 1.82) is 0 Å². The number of nitrogens with zero attached hydrogens (tertiary/aromatic N) is 1. The molecule has 1 saturated heterocycles. The molecule has 1 aromatic rings. The number of alkyl halides is 3. The molecule has 0 radical (unpaired) electrons. The van der Waals surface area contributed by atoms with Crippen molar-refractivity contribution in [3.63, 3.8) is 0 Å². The van der Waals surface area contributed by atoms with Crippen molar-refractivity contribution in [3.05, 3.63) is 17.8 Å². The molecule has 2 heterocycles. The van der Waals surface area contributed by atoms with Crippen molar-refractivity contribution in [3.8, 4) is 0 Å². The van der Waals surface area contributed by atoms with Crippen LogP contribution < -0.4 is 5.32 Å². The van der Waals surface area contributed by atoms with Gasteiger partial charge in [-0.1, -0.05) is 0 Å².